The maximum atomic E-state index is 5.08. The normalized spacial score (nSPS) is 15.1. The predicted molar refractivity (Wildman–Crippen MR) is 164 cm³/mol. The maximum Gasteiger partial charge on any atom is 0.138 e. The summed E-state index contributed by atoms with van der Waals surface area (Å²) >= 11 is 1.79. The van der Waals surface area contributed by atoms with Gasteiger partial charge in [-0.1, -0.05) is 18.7 Å². The molecular formula is C32H34N6S. The minimum Gasteiger partial charge on any atom is -0.338 e. The van der Waals surface area contributed by atoms with Gasteiger partial charge in [0, 0.05) is 26.9 Å². The number of rotatable bonds is 9. The van der Waals surface area contributed by atoms with Crippen LogP contribution in [0.5, 0.6) is 0 Å². The Morgan fingerprint density at radius 3 is 2.79 bits per heavy atom. The number of allylic oxidation sites excluding steroid dienone is 5. The van der Waals surface area contributed by atoms with Crippen molar-refractivity contribution < 1.29 is 0 Å². The Balaban J connectivity index is 1.30. The Hall–Kier alpha value is -3.81. The molecule has 1 saturated heterocycles. The molecule has 6 nitrogen and oxygen atoms in total. The van der Waals surface area contributed by atoms with Crippen LogP contribution in [0.4, 0.5) is 0 Å². The number of H-pyrrole nitrogens is 2. The predicted octanol–water partition coefficient (Wildman–Crippen LogP) is 7.93. The van der Waals surface area contributed by atoms with Crippen molar-refractivity contribution in [1.29, 1.82) is 0 Å². The molecule has 0 radical (unpaired) electrons. The van der Waals surface area contributed by atoms with Crippen LogP contribution < -0.4 is 0 Å². The molecule has 0 saturated carbocycles. The van der Waals surface area contributed by atoms with Crippen molar-refractivity contribution in [1.82, 2.24) is 30.0 Å². The molecule has 1 aliphatic rings. The summed E-state index contributed by atoms with van der Waals surface area (Å²) in [5.74, 6) is 0. The highest BCUT2D eigenvalue weighted by molar-refractivity contribution is 7.15. The molecule has 0 spiro atoms. The van der Waals surface area contributed by atoms with Crippen LogP contribution in [0.25, 0.3) is 49.5 Å². The zero-order valence-electron chi connectivity index (χ0n) is 22.6. The van der Waals surface area contributed by atoms with Gasteiger partial charge in [-0.2, -0.15) is 5.10 Å². The molecule has 0 aromatic carbocycles. The number of fused-ring (bicyclic) bond motifs is 2. The van der Waals surface area contributed by atoms with Gasteiger partial charge >= 0.3 is 0 Å². The highest BCUT2D eigenvalue weighted by Gasteiger charge is 2.17. The van der Waals surface area contributed by atoms with Crippen LogP contribution in [0, 0.1) is 6.92 Å². The fraction of sp³-hybridized carbons (Fsp3) is 0.281. The first-order valence-electron chi connectivity index (χ1n) is 13.7. The van der Waals surface area contributed by atoms with Gasteiger partial charge in [-0.05, 0) is 113 Å². The van der Waals surface area contributed by atoms with Gasteiger partial charge in [0.2, 0.25) is 0 Å². The van der Waals surface area contributed by atoms with Crippen LogP contribution in [0.15, 0.2) is 73.0 Å². The zero-order chi connectivity index (χ0) is 26.8. The third kappa shape index (κ3) is 5.24. The average molecular weight is 535 g/mol. The number of thiophene rings is 1. The Labute approximate surface area is 233 Å². The van der Waals surface area contributed by atoms with Crippen LogP contribution in [-0.4, -0.2) is 49.7 Å². The first-order valence-corrected chi connectivity index (χ1v) is 14.6. The summed E-state index contributed by atoms with van der Waals surface area (Å²) in [5.41, 5.74) is 8.74. The van der Waals surface area contributed by atoms with Crippen LogP contribution in [0.2, 0.25) is 0 Å². The fourth-order valence-corrected chi connectivity index (χ4v) is 6.35. The van der Waals surface area contributed by atoms with Crippen molar-refractivity contribution in [2.75, 3.05) is 19.6 Å². The van der Waals surface area contributed by atoms with Crippen LogP contribution in [0.1, 0.15) is 43.2 Å². The van der Waals surface area contributed by atoms with Gasteiger partial charge in [-0.15, -0.1) is 11.3 Å². The van der Waals surface area contributed by atoms with Crippen molar-refractivity contribution in [2.45, 2.75) is 39.5 Å². The number of aromatic amines is 2. The number of nitrogens with one attached hydrogen (secondary N) is 2. The van der Waals surface area contributed by atoms with Crippen molar-refractivity contribution in [3.63, 3.8) is 0 Å². The molecule has 0 unspecified atom stereocenters. The second-order valence-corrected chi connectivity index (χ2v) is 11.5. The Morgan fingerprint density at radius 1 is 1.15 bits per heavy atom. The number of hydrogen-bond acceptors (Lipinski definition) is 5. The van der Waals surface area contributed by atoms with E-state index in [0.717, 1.165) is 64.1 Å². The van der Waals surface area contributed by atoms with Gasteiger partial charge in [0.1, 0.15) is 16.9 Å². The van der Waals surface area contributed by atoms with E-state index in [2.05, 4.69) is 94.0 Å². The third-order valence-corrected chi connectivity index (χ3v) is 8.58. The quantitative estimate of drug-likeness (QED) is 0.188. The minimum atomic E-state index is 0.798. The second kappa shape index (κ2) is 11.1. The summed E-state index contributed by atoms with van der Waals surface area (Å²) in [7, 11) is 0. The summed E-state index contributed by atoms with van der Waals surface area (Å²) in [6, 6.07) is 12.7. The summed E-state index contributed by atoms with van der Waals surface area (Å²) in [5, 5.41) is 8.90. The molecular weight excluding hydrogens is 500 g/mol. The van der Waals surface area contributed by atoms with Crippen LogP contribution >= 0.6 is 11.3 Å². The van der Waals surface area contributed by atoms with Crippen molar-refractivity contribution in [3.8, 4) is 21.8 Å². The maximum absolute atomic E-state index is 5.08. The van der Waals surface area contributed by atoms with Gasteiger partial charge < -0.3 is 9.88 Å². The molecule has 198 valence electrons. The van der Waals surface area contributed by atoms with Crippen molar-refractivity contribution in [3.05, 3.63) is 83.5 Å². The highest BCUT2D eigenvalue weighted by Crippen LogP contribution is 2.36. The van der Waals surface area contributed by atoms with Gasteiger partial charge in [0.05, 0.1) is 16.9 Å². The van der Waals surface area contributed by atoms with E-state index >= 15 is 0 Å². The molecule has 39 heavy (non-hydrogen) atoms. The third-order valence-electron chi connectivity index (χ3n) is 7.55. The van der Waals surface area contributed by atoms with E-state index in [1.807, 2.05) is 12.3 Å². The van der Waals surface area contributed by atoms with E-state index in [1.165, 1.54) is 46.8 Å². The molecule has 5 aromatic rings. The first-order chi connectivity index (χ1) is 19.1. The average Bonchev–Trinajstić information content (AvgIpc) is 3.76. The summed E-state index contributed by atoms with van der Waals surface area (Å²) in [4.78, 5) is 18.3. The lowest BCUT2D eigenvalue weighted by molar-refractivity contribution is 0.334. The van der Waals surface area contributed by atoms with Crippen LogP contribution in [0.3, 0.4) is 0 Å². The number of pyridine rings is 2. The molecule has 0 aliphatic carbocycles. The van der Waals surface area contributed by atoms with E-state index in [4.69, 9.17) is 4.98 Å². The van der Waals surface area contributed by atoms with E-state index < -0.39 is 0 Å². The van der Waals surface area contributed by atoms with E-state index in [9.17, 15) is 0 Å². The molecule has 5 aromatic heterocycles. The number of aryl methyl sites for hydroxylation is 1. The molecule has 1 aliphatic heterocycles. The molecule has 6 rings (SSSR count). The molecule has 2 N–H and O–H groups in total. The van der Waals surface area contributed by atoms with Gasteiger partial charge in [-0.3, -0.25) is 5.10 Å². The lowest BCUT2D eigenvalue weighted by Gasteiger charge is -2.14. The highest BCUT2D eigenvalue weighted by atomic mass is 32.1. The van der Waals surface area contributed by atoms with Crippen molar-refractivity contribution in [2.24, 2.45) is 0 Å². The summed E-state index contributed by atoms with van der Waals surface area (Å²) < 4.78 is 0. The lowest BCUT2D eigenvalue weighted by Crippen LogP contribution is -2.20. The second-order valence-electron chi connectivity index (χ2n) is 10.2. The Morgan fingerprint density at radius 2 is 2.03 bits per heavy atom. The van der Waals surface area contributed by atoms with Gasteiger partial charge in [0.15, 0.2) is 0 Å². The molecule has 0 bridgehead atoms. The molecule has 1 fully saturated rings. The van der Waals surface area contributed by atoms with E-state index in [0.29, 0.717) is 0 Å². The summed E-state index contributed by atoms with van der Waals surface area (Å²) in [6.45, 7) is 11.9. The number of likely N-dealkylation sites (tertiary alicyclic amines) is 1. The smallest absolute Gasteiger partial charge is 0.138 e. The first kappa shape index (κ1) is 25.5. The van der Waals surface area contributed by atoms with Crippen molar-refractivity contribution >= 4 is 39.0 Å². The number of hydrogen-bond donors (Lipinski definition) is 2. The SMILES string of the molecule is C=C/C(=C\C(=C/C)c1ccc2[nH]nc(-c3cc4c(-c5ccc(C)s5)ccnc4[nH]3)c2n1)CCCN1CCCC1. The Bertz CT molecular complexity index is 1690. The molecule has 0 atom stereocenters. The molecule has 7 heteroatoms. The minimum absolute atomic E-state index is 0.798. The Kier molecular flexibility index (Phi) is 7.26. The molecule has 0 amide bonds. The standard InChI is InChI=1S/C32H34N6S/c1-4-22(9-8-18-38-16-6-7-17-38)19-23(5-2)26-11-12-27-30(34-26)31(37-36-27)28-20-25-24(14-15-33-32(25)35-28)29-13-10-21(3)39-29/h4-5,10-15,19-20H,1,6-9,16-18H2,2-3H3,(H,33,35)(H,36,37)/b22-19+,23-5+. The number of aromatic nitrogens is 5. The van der Waals surface area contributed by atoms with Gasteiger partial charge in [-0.25, -0.2) is 9.97 Å². The molecule has 6 heterocycles. The lowest BCUT2D eigenvalue weighted by atomic mass is 10.0. The largest absolute Gasteiger partial charge is 0.338 e. The monoisotopic (exact) mass is 534 g/mol. The van der Waals surface area contributed by atoms with E-state index in [1.54, 1.807) is 11.3 Å². The summed E-state index contributed by atoms with van der Waals surface area (Å²) in [6.07, 6.45) is 13.0. The fourth-order valence-electron chi connectivity index (χ4n) is 5.45. The van der Waals surface area contributed by atoms with Crippen LogP contribution in [-0.2, 0) is 0 Å². The number of nitrogens with zero attached hydrogens (tertiary/aromatic N) is 4. The zero-order valence-corrected chi connectivity index (χ0v) is 23.4. The van der Waals surface area contributed by atoms with Gasteiger partial charge in [0.25, 0.3) is 0 Å². The van der Waals surface area contributed by atoms with E-state index in [-0.39, 0.29) is 0 Å². The topological polar surface area (TPSA) is 73.5 Å².